The third kappa shape index (κ3) is 5.85. The van der Waals surface area contributed by atoms with E-state index in [4.69, 9.17) is 4.74 Å². The number of fused-ring (bicyclic) bond motifs is 1. The van der Waals surface area contributed by atoms with Gasteiger partial charge in [0.2, 0.25) is 0 Å². The number of ether oxygens (including phenoxy) is 1. The summed E-state index contributed by atoms with van der Waals surface area (Å²) in [5.74, 6) is -1.10. The van der Waals surface area contributed by atoms with Crippen molar-refractivity contribution in [1.82, 2.24) is 10.3 Å². The fourth-order valence-corrected chi connectivity index (χ4v) is 3.73. The van der Waals surface area contributed by atoms with Crippen molar-refractivity contribution in [2.24, 2.45) is 0 Å². The molecule has 0 aliphatic rings. The highest BCUT2D eigenvalue weighted by Gasteiger charge is 2.09. The number of esters is 1. The summed E-state index contributed by atoms with van der Waals surface area (Å²) in [6.45, 7) is -0.0355. The van der Waals surface area contributed by atoms with Gasteiger partial charge in [-0.2, -0.15) is 0 Å². The zero-order valence-electron chi connectivity index (χ0n) is 15.3. The normalized spacial score (nSPS) is 10.8. The highest BCUT2D eigenvalue weighted by molar-refractivity contribution is 7.18. The molecule has 0 aliphatic heterocycles. The minimum absolute atomic E-state index is 0.235. The maximum atomic E-state index is 13.5. The number of rotatable bonds is 9. The van der Waals surface area contributed by atoms with Crippen molar-refractivity contribution < 1.29 is 18.7 Å². The van der Waals surface area contributed by atoms with E-state index >= 15 is 0 Å². The lowest BCUT2D eigenvalue weighted by atomic mass is 10.1. The van der Waals surface area contributed by atoms with Gasteiger partial charge in [-0.15, -0.1) is 11.3 Å². The number of benzene rings is 2. The second kappa shape index (κ2) is 9.94. The molecule has 1 amide bonds. The van der Waals surface area contributed by atoms with Crippen LogP contribution in [0, 0.1) is 5.82 Å². The Morgan fingerprint density at radius 1 is 1.07 bits per heavy atom. The molecule has 0 atom stereocenters. The number of nitrogens with one attached hydrogen (secondary N) is 1. The quantitative estimate of drug-likeness (QED) is 0.557. The van der Waals surface area contributed by atoms with E-state index in [-0.39, 0.29) is 25.4 Å². The standard InChI is InChI=1S/C21H21FN2O3S/c22-16-7-2-1-6-15(16)12-13-23-19(25)14-27-21(26)11-5-10-20-24-17-8-3-4-9-18(17)28-20/h1-4,6-9H,5,10-14H2,(H,23,25). The summed E-state index contributed by atoms with van der Waals surface area (Å²) >= 11 is 1.62. The van der Waals surface area contributed by atoms with E-state index < -0.39 is 11.9 Å². The molecule has 2 aromatic carbocycles. The van der Waals surface area contributed by atoms with Crippen molar-refractivity contribution in [1.29, 1.82) is 0 Å². The fourth-order valence-electron chi connectivity index (χ4n) is 2.72. The fraction of sp³-hybridized carbons (Fsp3) is 0.286. The molecule has 7 heteroatoms. The molecule has 0 radical (unpaired) electrons. The van der Waals surface area contributed by atoms with Crippen molar-refractivity contribution in [2.75, 3.05) is 13.2 Å². The van der Waals surface area contributed by atoms with Gasteiger partial charge in [0.05, 0.1) is 15.2 Å². The minimum atomic E-state index is -0.412. The molecule has 3 rings (SSSR count). The van der Waals surface area contributed by atoms with E-state index in [1.807, 2.05) is 24.3 Å². The van der Waals surface area contributed by atoms with Crippen LogP contribution in [-0.4, -0.2) is 30.0 Å². The maximum Gasteiger partial charge on any atom is 0.306 e. The molecule has 0 saturated heterocycles. The summed E-state index contributed by atoms with van der Waals surface area (Å²) in [4.78, 5) is 28.0. The molecule has 1 heterocycles. The van der Waals surface area contributed by atoms with E-state index in [0.29, 0.717) is 24.8 Å². The van der Waals surface area contributed by atoms with E-state index in [2.05, 4.69) is 10.3 Å². The Bertz CT molecular complexity index is 924. The molecule has 1 N–H and O–H groups in total. The van der Waals surface area contributed by atoms with Crippen molar-refractivity contribution in [2.45, 2.75) is 25.7 Å². The number of carbonyl (C=O) groups is 2. The van der Waals surface area contributed by atoms with Crippen LogP contribution in [0.15, 0.2) is 48.5 Å². The first-order valence-corrected chi connectivity index (χ1v) is 9.93. The largest absolute Gasteiger partial charge is 0.456 e. The van der Waals surface area contributed by atoms with Crippen molar-refractivity contribution in [3.05, 3.63) is 64.9 Å². The molecular weight excluding hydrogens is 379 g/mol. The molecule has 0 bridgehead atoms. The van der Waals surface area contributed by atoms with Gasteiger partial charge in [0.15, 0.2) is 6.61 Å². The number of halogens is 1. The number of hydrogen-bond acceptors (Lipinski definition) is 5. The van der Waals surface area contributed by atoms with Crippen molar-refractivity contribution in [3.8, 4) is 0 Å². The monoisotopic (exact) mass is 400 g/mol. The van der Waals surface area contributed by atoms with Crippen LogP contribution < -0.4 is 5.32 Å². The molecule has 0 saturated carbocycles. The lowest BCUT2D eigenvalue weighted by molar-refractivity contribution is -0.148. The minimum Gasteiger partial charge on any atom is -0.456 e. The van der Waals surface area contributed by atoms with Crippen LogP contribution in [-0.2, 0) is 27.2 Å². The summed E-state index contributed by atoms with van der Waals surface area (Å²) in [6, 6.07) is 14.3. The smallest absolute Gasteiger partial charge is 0.306 e. The maximum absolute atomic E-state index is 13.5. The van der Waals surface area contributed by atoms with Gasteiger partial charge in [-0.1, -0.05) is 30.3 Å². The number of aromatic nitrogens is 1. The third-order valence-electron chi connectivity index (χ3n) is 4.15. The Labute approximate surface area is 166 Å². The summed E-state index contributed by atoms with van der Waals surface area (Å²) in [5, 5.41) is 3.61. The Kier molecular flexibility index (Phi) is 7.08. The van der Waals surface area contributed by atoms with Gasteiger partial charge < -0.3 is 10.1 Å². The molecule has 0 spiro atoms. The van der Waals surface area contributed by atoms with Gasteiger partial charge in [-0.05, 0) is 43.0 Å². The average Bonchev–Trinajstić information content (AvgIpc) is 3.10. The second-order valence-corrected chi connectivity index (χ2v) is 7.40. The number of aryl methyl sites for hydroxylation is 1. The van der Waals surface area contributed by atoms with Crippen molar-refractivity contribution >= 4 is 33.4 Å². The predicted molar refractivity (Wildman–Crippen MR) is 107 cm³/mol. The molecule has 0 aliphatic carbocycles. The van der Waals surface area contributed by atoms with E-state index in [1.54, 1.807) is 29.5 Å². The summed E-state index contributed by atoms with van der Waals surface area (Å²) in [6.07, 6.45) is 1.93. The Hall–Kier alpha value is -2.80. The predicted octanol–water partition coefficient (Wildman–Crippen LogP) is 3.66. The van der Waals surface area contributed by atoms with Crippen LogP contribution >= 0.6 is 11.3 Å². The van der Waals surface area contributed by atoms with E-state index in [1.165, 1.54) is 6.07 Å². The van der Waals surface area contributed by atoms with Crippen LogP contribution in [0.25, 0.3) is 10.2 Å². The Morgan fingerprint density at radius 3 is 2.68 bits per heavy atom. The van der Waals surface area contributed by atoms with Crippen LogP contribution in [0.2, 0.25) is 0 Å². The third-order valence-corrected chi connectivity index (χ3v) is 5.24. The number of nitrogens with zero attached hydrogens (tertiary/aromatic N) is 1. The molecule has 0 fully saturated rings. The first kappa shape index (κ1) is 19.9. The Balaban J connectivity index is 1.30. The number of para-hydroxylation sites is 1. The molecule has 0 unspecified atom stereocenters. The zero-order chi connectivity index (χ0) is 19.8. The second-order valence-electron chi connectivity index (χ2n) is 6.28. The zero-order valence-corrected chi connectivity index (χ0v) is 16.1. The topological polar surface area (TPSA) is 68.3 Å². The van der Waals surface area contributed by atoms with Crippen molar-refractivity contribution in [3.63, 3.8) is 0 Å². The molecule has 3 aromatic rings. The number of carbonyl (C=O) groups excluding carboxylic acids is 2. The van der Waals surface area contributed by atoms with Crippen LogP contribution in [0.1, 0.15) is 23.4 Å². The molecular formula is C21H21FN2O3S. The lowest BCUT2D eigenvalue weighted by Crippen LogP contribution is -2.30. The molecule has 146 valence electrons. The molecule has 5 nitrogen and oxygen atoms in total. The highest BCUT2D eigenvalue weighted by Crippen LogP contribution is 2.22. The average molecular weight is 400 g/mol. The van der Waals surface area contributed by atoms with E-state index in [0.717, 1.165) is 15.2 Å². The first-order chi connectivity index (χ1) is 13.6. The Morgan fingerprint density at radius 2 is 1.86 bits per heavy atom. The molecule has 28 heavy (non-hydrogen) atoms. The van der Waals surface area contributed by atoms with Crippen LogP contribution in [0.3, 0.4) is 0 Å². The van der Waals surface area contributed by atoms with Gasteiger partial charge in [0.25, 0.3) is 5.91 Å². The van der Waals surface area contributed by atoms with Gasteiger partial charge >= 0.3 is 5.97 Å². The first-order valence-electron chi connectivity index (χ1n) is 9.12. The number of hydrogen-bond donors (Lipinski definition) is 1. The summed E-state index contributed by atoms with van der Waals surface area (Å²) < 4.78 is 19.6. The van der Waals surface area contributed by atoms with Gasteiger partial charge in [0.1, 0.15) is 5.82 Å². The SMILES string of the molecule is O=C(COC(=O)CCCc1nc2ccccc2s1)NCCc1ccccc1F. The highest BCUT2D eigenvalue weighted by atomic mass is 32.1. The number of amides is 1. The van der Waals surface area contributed by atoms with Gasteiger partial charge in [0, 0.05) is 13.0 Å². The summed E-state index contributed by atoms with van der Waals surface area (Å²) in [5.41, 5.74) is 1.51. The number of thiazole rings is 1. The lowest BCUT2D eigenvalue weighted by Gasteiger charge is -2.07. The summed E-state index contributed by atoms with van der Waals surface area (Å²) in [7, 11) is 0. The molecule has 1 aromatic heterocycles. The van der Waals surface area contributed by atoms with Crippen LogP contribution in [0.4, 0.5) is 4.39 Å². The van der Waals surface area contributed by atoms with Gasteiger partial charge in [-0.3, -0.25) is 9.59 Å². The van der Waals surface area contributed by atoms with Gasteiger partial charge in [-0.25, -0.2) is 9.37 Å². The van der Waals surface area contributed by atoms with E-state index in [9.17, 15) is 14.0 Å². The van der Waals surface area contributed by atoms with Crippen LogP contribution in [0.5, 0.6) is 0 Å².